The average molecular weight is 461 g/mol. The van der Waals surface area contributed by atoms with Crippen molar-refractivity contribution < 1.29 is 8.42 Å². The van der Waals surface area contributed by atoms with Gasteiger partial charge in [-0.15, -0.1) is 24.0 Å². The fourth-order valence-corrected chi connectivity index (χ4v) is 2.07. The van der Waals surface area contributed by atoms with Crippen LogP contribution in [0.3, 0.4) is 0 Å². The number of aliphatic imine (C=N–C) groups is 1. The largest absolute Gasteiger partial charge is 0.357 e. The zero-order valence-electron chi connectivity index (χ0n) is 12.4. The number of halogens is 2. The molecule has 0 radical (unpaired) electrons. The highest BCUT2D eigenvalue weighted by Gasteiger charge is 2.02. The van der Waals surface area contributed by atoms with Gasteiger partial charge >= 0.3 is 0 Å². The fraction of sp³-hybridized carbons (Fsp3) is 0.462. The van der Waals surface area contributed by atoms with Crippen LogP contribution in [-0.4, -0.2) is 39.8 Å². The molecule has 0 saturated carbocycles. The SMILES string of the molecule is CCNC(=NCCS(N)(=O)=O)NCCc1ccc(Cl)cc1.I. The quantitative estimate of drug-likeness (QED) is 0.325. The molecule has 0 amide bonds. The standard InChI is InChI=1S/C13H21ClN4O2S.HI/c1-2-16-13(18-9-10-21(15,19)20)17-8-7-11-3-5-12(14)6-4-11;/h3-6H,2,7-10H2,1H3,(H2,15,19,20)(H2,16,17,18);1H. The molecule has 0 aliphatic heterocycles. The van der Waals surface area contributed by atoms with Crippen molar-refractivity contribution in [2.75, 3.05) is 25.4 Å². The van der Waals surface area contributed by atoms with Crippen LogP contribution in [0.2, 0.25) is 5.02 Å². The van der Waals surface area contributed by atoms with E-state index in [1.54, 1.807) is 0 Å². The summed E-state index contributed by atoms with van der Waals surface area (Å²) in [6.45, 7) is 3.45. The third-order valence-corrected chi connectivity index (χ3v) is 3.61. The number of guanidine groups is 1. The first-order valence-corrected chi connectivity index (χ1v) is 8.77. The van der Waals surface area contributed by atoms with Crippen molar-refractivity contribution in [2.24, 2.45) is 10.1 Å². The van der Waals surface area contributed by atoms with Gasteiger partial charge in [0.25, 0.3) is 0 Å². The molecule has 1 rings (SSSR count). The van der Waals surface area contributed by atoms with Crippen LogP contribution in [0.1, 0.15) is 12.5 Å². The monoisotopic (exact) mass is 460 g/mol. The molecule has 0 bridgehead atoms. The summed E-state index contributed by atoms with van der Waals surface area (Å²) in [6, 6.07) is 7.63. The van der Waals surface area contributed by atoms with Crippen LogP contribution in [0.25, 0.3) is 0 Å². The van der Waals surface area contributed by atoms with Crippen molar-refractivity contribution in [3.63, 3.8) is 0 Å². The molecule has 1 aromatic rings. The lowest BCUT2D eigenvalue weighted by Gasteiger charge is -2.11. The van der Waals surface area contributed by atoms with E-state index < -0.39 is 10.0 Å². The Balaban J connectivity index is 0.00000441. The van der Waals surface area contributed by atoms with Crippen LogP contribution < -0.4 is 15.8 Å². The number of sulfonamides is 1. The zero-order chi connectivity index (χ0) is 15.7. The van der Waals surface area contributed by atoms with Crippen molar-refractivity contribution in [3.05, 3.63) is 34.9 Å². The lowest BCUT2D eigenvalue weighted by molar-refractivity contribution is 0.597. The molecule has 6 nitrogen and oxygen atoms in total. The predicted molar refractivity (Wildman–Crippen MR) is 103 cm³/mol. The topological polar surface area (TPSA) is 96.6 Å². The maximum absolute atomic E-state index is 10.9. The molecule has 9 heteroatoms. The molecular formula is C13H22ClIN4O2S. The van der Waals surface area contributed by atoms with Gasteiger partial charge in [-0.1, -0.05) is 23.7 Å². The Morgan fingerprint density at radius 1 is 1.27 bits per heavy atom. The highest BCUT2D eigenvalue weighted by molar-refractivity contribution is 14.0. The lowest BCUT2D eigenvalue weighted by Crippen LogP contribution is -2.38. The summed E-state index contributed by atoms with van der Waals surface area (Å²) in [5.41, 5.74) is 1.16. The lowest BCUT2D eigenvalue weighted by atomic mass is 10.1. The van der Waals surface area contributed by atoms with E-state index in [9.17, 15) is 8.42 Å². The number of rotatable bonds is 7. The second kappa shape index (κ2) is 11.0. The Bertz CT molecular complexity index is 564. The first-order chi connectivity index (χ1) is 9.90. The first-order valence-electron chi connectivity index (χ1n) is 6.68. The van der Waals surface area contributed by atoms with Gasteiger partial charge in [-0.3, -0.25) is 4.99 Å². The Hall–Kier alpha value is -0.580. The van der Waals surface area contributed by atoms with E-state index in [1.807, 2.05) is 31.2 Å². The van der Waals surface area contributed by atoms with E-state index in [0.29, 0.717) is 24.1 Å². The van der Waals surface area contributed by atoms with Gasteiger partial charge in [-0.05, 0) is 31.0 Å². The molecule has 4 N–H and O–H groups in total. The minimum absolute atomic E-state index is 0. The van der Waals surface area contributed by atoms with E-state index in [0.717, 1.165) is 12.0 Å². The number of nitrogens with zero attached hydrogens (tertiary/aromatic N) is 1. The second-order valence-corrected chi connectivity index (χ2v) is 6.60. The second-order valence-electron chi connectivity index (χ2n) is 4.43. The van der Waals surface area contributed by atoms with E-state index in [1.165, 1.54) is 0 Å². The third kappa shape index (κ3) is 10.2. The van der Waals surface area contributed by atoms with Gasteiger partial charge < -0.3 is 10.6 Å². The van der Waals surface area contributed by atoms with Crippen LogP contribution in [0.15, 0.2) is 29.3 Å². The highest BCUT2D eigenvalue weighted by Crippen LogP contribution is 2.09. The molecule has 1 aromatic carbocycles. The van der Waals surface area contributed by atoms with Crippen LogP contribution in [-0.2, 0) is 16.4 Å². The van der Waals surface area contributed by atoms with Crippen molar-refractivity contribution >= 4 is 51.6 Å². The number of benzene rings is 1. The Kier molecular flexibility index (Phi) is 10.7. The molecule has 0 spiro atoms. The third-order valence-electron chi connectivity index (χ3n) is 2.61. The summed E-state index contributed by atoms with van der Waals surface area (Å²) >= 11 is 5.83. The van der Waals surface area contributed by atoms with Crippen molar-refractivity contribution in [1.29, 1.82) is 0 Å². The van der Waals surface area contributed by atoms with Crippen LogP contribution in [0, 0.1) is 0 Å². The Morgan fingerprint density at radius 2 is 1.91 bits per heavy atom. The molecule has 0 aliphatic carbocycles. The molecule has 0 fully saturated rings. The predicted octanol–water partition coefficient (Wildman–Crippen LogP) is 1.34. The molecule has 0 saturated heterocycles. The number of primary sulfonamides is 1. The number of hydrogen-bond acceptors (Lipinski definition) is 3. The fourth-order valence-electron chi connectivity index (χ4n) is 1.60. The molecule has 0 unspecified atom stereocenters. The smallest absolute Gasteiger partial charge is 0.210 e. The molecule has 0 heterocycles. The summed E-state index contributed by atoms with van der Waals surface area (Å²) in [4.78, 5) is 4.16. The zero-order valence-corrected chi connectivity index (χ0v) is 16.3. The number of nitrogens with one attached hydrogen (secondary N) is 2. The maximum Gasteiger partial charge on any atom is 0.210 e. The summed E-state index contributed by atoms with van der Waals surface area (Å²) in [5, 5.41) is 11.8. The van der Waals surface area contributed by atoms with Gasteiger partial charge in [0.15, 0.2) is 5.96 Å². The summed E-state index contributed by atoms with van der Waals surface area (Å²) in [5.74, 6) is 0.413. The van der Waals surface area contributed by atoms with Crippen molar-refractivity contribution in [1.82, 2.24) is 10.6 Å². The number of nitrogens with two attached hydrogens (primary N) is 1. The van der Waals surface area contributed by atoms with Crippen molar-refractivity contribution in [3.8, 4) is 0 Å². The molecule has 0 aromatic heterocycles. The average Bonchev–Trinajstić information content (AvgIpc) is 2.39. The Morgan fingerprint density at radius 3 is 2.45 bits per heavy atom. The molecular weight excluding hydrogens is 439 g/mol. The highest BCUT2D eigenvalue weighted by atomic mass is 127. The van der Waals surface area contributed by atoms with E-state index in [2.05, 4.69) is 15.6 Å². The first kappa shape index (κ1) is 21.4. The summed E-state index contributed by atoms with van der Waals surface area (Å²) < 4.78 is 21.7. The summed E-state index contributed by atoms with van der Waals surface area (Å²) in [7, 11) is -3.48. The normalized spacial score (nSPS) is 11.7. The van der Waals surface area contributed by atoms with Gasteiger partial charge in [0.05, 0.1) is 12.3 Å². The van der Waals surface area contributed by atoms with Gasteiger partial charge in [-0.2, -0.15) is 0 Å². The molecule has 22 heavy (non-hydrogen) atoms. The minimum Gasteiger partial charge on any atom is -0.357 e. The van der Waals surface area contributed by atoms with Gasteiger partial charge in [0.2, 0.25) is 10.0 Å². The van der Waals surface area contributed by atoms with Gasteiger partial charge in [0.1, 0.15) is 0 Å². The van der Waals surface area contributed by atoms with E-state index in [-0.39, 0.29) is 36.3 Å². The van der Waals surface area contributed by atoms with E-state index in [4.69, 9.17) is 16.7 Å². The molecule has 126 valence electrons. The van der Waals surface area contributed by atoms with Gasteiger partial charge in [0, 0.05) is 18.1 Å². The van der Waals surface area contributed by atoms with E-state index >= 15 is 0 Å². The van der Waals surface area contributed by atoms with Crippen LogP contribution >= 0.6 is 35.6 Å². The van der Waals surface area contributed by atoms with Crippen LogP contribution in [0.4, 0.5) is 0 Å². The number of hydrogen-bond donors (Lipinski definition) is 3. The summed E-state index contributed by atoms with van der Waals surface area (Å²) in [6.07, 6.45) is 0.816. The molecule has 0 atom stereocenters. The van der Waals surface area contributed by atoms with Gasteiger partial charge in [-0.25, -0.2) is 13.6 Å². The minimum atomic E-state index is -3.48. The van der Waals surface area contributed by atoms with Crippen molar-refractivity contribution in [2.45, 2.75) is 13.3 Å². The Labute approximate surface area is 154 Å². The molecule has 0 aliphatic rings. The van der Waals surface area contributed by atoms with Crippen LogP contribution in [0.5, 0.6) is 0 Å². The maximum atomic E-state index is 10.9.